The number of rotatable bonds is 5. The van der Waals surface area contributed by atoms with Gasteiger partial charge in [0.1, 0.15) is 5.58 Å². The van der Waals surface area contributed by atoms with E-state index in [0.29, 0.717) is 34.6 Å². The summed E-state index contributed by atoms with van der Waals surface area (Å²) >= 11 is 3.51. The van der Waals surface area contributed by atoms with Crippen molar-refractivity contribution in [3.63, 3.8) is 0 Å². The molecule has 4 aromatic carbocycles. The Hall–Kier alpha value is -5.15. The summed E-state index contributed by atoms with van der Waals surface area (Å²) < 4.78 is 21.6. The van der Waals surface area contributed by atoms with Crippen LogP contribution in [0.25, 0.3) is 44.4 Å². The Labute approximate surface area is 247 Å². The molecule has 0 atom stereocenters. The summed E-state index contributed by atoms with van der Waals surface area (Å²) in [7, 11) is 0. The summed E-state index contributed by atoms with van der Waals surface area (Å²) in [6, 6.07) is 29.0. The number of furan rings is 1. The average Bonchev–Trinajstić information content (AvgIpc) is 3.74. The van der Waals surface area contributed by atoms with Gasteiger partial charge < -0.3 is 18.5 Å². The summed E-state index contributed by atoms with van der Waals surface area (Å²) in [4.78, 5) is 18.6. The average molecular weight is 617 g/mol. The molecular weight excluding hydrogens is 596 g/mol. The molecule has 3 aromatic heterocycles. The van der Waals surface area contributed by atoms with Gasteiger partial charge in [-0.3, -0.25) is 4.79 Å². The number of hydrogen-bond donors (Lipinski definition) is 0. The molecule has 204 valence electrons. The predicted octanol–water partition coefficient (Wildman–Crippen LogP) is 7.19. The van der Waals surface area contributed by atoms with Crippen LogP contribution in [-0.2, 0) is 6.54 Å². The number of halogens is 1. The smallest absolute Gasteiger partial charge is 0.282 e. The molecule has 0 fully saturated rings. The van der Waals surface area contributed by atoms with Crippen LogP contribution >= 0.6 is 15.9 Å². The van der Waals surface area contributed by atoms with E-state index < -0.39 is 0 Å². The lowest BCUT2D eigenvalue weighted by Crippen LogP contribution is -2.20. The van der Waals surface area contributed by atoms with Gasteiger partial charge in [-0.1, -0.05) is 52.3 Å². The van der Waals surface area contributed by atoms with Gasteiger partial charge in [-0.2, -0.15) is 9.78 Å². The van der Waals surface area contributed by atoms with E-state index in [1.165, 1.54) is 4.68 Å². The number of para-hydroxylation sites is 2. The van der Waals surface area contributed by atoms with Crippen LogP contribution in [0.4, 0.5) is 0 Å². The van der Waals surface area contributed by atoms with Gasteiger partial charge in [0, 0.05) is 39.1 Å². The first-order chi connectivity index (χ1) is 20.6. The van der Waals surface area contributed by atoms with E-state index in [9.17, 15) is 4.79 Å². The number of benzene rings is 4. The first-order valence-corrected chi connectivity index (χ1v) is 14.1. The number of aromatic nitrogens is 3. The zero-order valence-electron chi connectivity index (χ0n) is 22.0. The molecule has 9 heteroatoms. The number of ether oxygens (including phenoxy) is 2. The molecule has 4 heterocycles. The van der Waals surface area contributed by atoms with Crippen molar-refractivity contribution in [3.8, 4) is 23.1 Å². The van der Waals surface area contributed by atoms with Gasteiger partial charge in [-0.25, -0.2) is 4.98 Å². The third-order valence-electron chi connectivity index (χ3n) is 7.37. The van der Waals surface area contributed by atoms with Crippen LogP contribution in [0.1, 0.15) is 11.1 Å². The molecule has 0 amide bonds. The SMILES string of the molecule is O=c1c2ccccc2nc(-c2cc3cc(Br)ccc3o2)n1N=Cc1cn(Cc2ccc3c(c2)OCO3)c2ccccc12. The van der Waals surface area contributed by atoms with E-state index in [1.807, 2.05) is 85.1 Å². The topological polar surface area (TPSA) is 83.8 Å². The van der Waals surface area contributed by atoms with Gasteiger partial charge in [0.25, 0.3) is 5.56 Å². The Morgan fingerprint density at radius 3 is 2.67 bits per heavy atom. The molecular formula is C33H21BrN4O4. The summed E-state index contributed by atoms with van der Waals surface area (Å²) in [5, 5.41) is 7.09. The Kier molecular flexibility index (Phi) is 5.71. The second kappa shape index (κ2) is 9.74. The maximum absolute atomic E-state index is 13.7. The van der Waals surface area contributed by atoms with E-state index in [2.05, 4.69) is 26.6 Å². The van der Waals surface area contributed by atoms with Gasteiger partial charge in [0.05, 0.1) is 17.1 Å². The Bertz CT molecular complexity index is 2260. The van der Waals surface area contributed by atoms with Crippen molar-refractivity contribution >= 4 is 54.9 Å². The molecule has 8 rings (SSSR count). The standard InChI is InChI=1S/C33H21BrN4O4/c34-23-10-12-28-21(14-23)15-31(42-28)32-36-26-7-3-1-6-25(26)33(39)38(32)35-16-22-18-37(27-8-4-2-5-24(22)27)17-20-9-11-29-30(13-20)41-19-40-29/h1-16,18H,17,19H2. The molecule has 0 N–H and O–H groups in total. The minimum absolute atomic E-state index is 0.239. The first-order valence-electron chi connectivity index (χ1n) is 13.3. The van der Waals surface area contributed by atoms with E-state index >= 15 is 0 Å². The van der Waals surface area contributed by atoms with E-state index in [4.69, 9.17) is 24.0 Å². The van der Waals surface area contributed by atoms with Crippen molar-refractivity contribution in [2.75, 3.05) is 6.79 Å². The fourth-order valence-electron chi connectivity index (χ4n) is 5.38. The highest BCUT2D eigenvalue weighted by atomic mass is 79.9. The third kappa shape index (κ3) is 4.17. The second-order valence-electron chi connectivity index (χ2n) is 10.0. The highest BCUT2D eigenvalue weighted by molar-refractivity contribution is 9.10. The van der Waals surface area contributed by atoms with Crippen molar-refractivity contribution in [2.45, 2.75) is 6.54 Å². The lowest BCUT2D eigenvalue weighted by atomic mass is 10.2. The fraction of sp³-hybridized carbons (Fsp3) is 0.0606. The lowest BCUT2D eigenvalue weighted by Gasteiger charge is -2.07. The molecule has 0 unspecified atom stereocenters. The van der Waals surface area contributed by atoms with Crippen LogP contribution < -0.4 is 15.0 Å². The first kappa shape index (κ1) is 24.6. The molecule has 0 spiro atoms. The summed E-state index contributed by atoms with van der Waals surface area (Å²) in [6.07, 6.45) is 3.75. The zero-order valence-corrected chi connectivity index (χ0v) is 23.6. The maximum atomic E-state index is 13.7. The Balaban J connectivity index is 1.25. The largest absolute Gasteiger partial charge is 0.454 e. The number of fused-ring (bicyclic) bond motifs is 4. The van der Waals surface area contributed by atoms with Gasteiger partial charge in [-0.15, -0.1) is 0 Å². The van der Waals surface area contributed by atoms with Gasteiger partial charge in [0.15, 0.2) is 17.3 Å². The minimum Gasteiger partial charge on any atom is -0.454 e. The molecule has 0 saturated carbocycles. The molecule has 0 aliphatic carbocycles. The van der Waals surface area contributed by atoms with E-state index in [-0.39, 0.29) is 12.4 Å². The van der Waals surface area contributed by atoms with Gasteiger partial charge >= 0.3 is 0 Å². The zero-order chi connectivity index (χ0) is 28.2. The summed E-state index contributed by atoms with van der Waals surface area (Å²) in [5.74, 6) is 2.28. The molecule has 7 aromatic rings. The van der Waals surface area contributed by atoms with Crippen LogP contribution in [0.15, 0.2) is 116 Å². The van der Waals surface area contributed by atoms with Gasteiger partial charge in [-0.05, 0) is 60.2 Å². The Morgan fingerprint density at radius 1 is 0.905 bits per heavy atom. The molecule has 42 heavy (non-hydrogen) atoms. The molecule has 0 saturated heterocycles. The van der Waals surface area contributed by atoms with Crippen molar-refractivity contribution in [3.05, 3.63) is 123 Å². The highest BCUT2D eigenvalue weighted by Gasteiger charge is 2.18. The van der Waals surface area contributed by atoms with Crippen LogP contribution in [0.3, 0.4) is 0 Å². The monoisotopic (exact) mass is 616 g/mol. The van der Waals surface area contributed by atoms with Gasteiger partial charge in [0.2, 0.25) is 12.6 Å². The normalized spacial score (nSPS) is 12.8. The maximum Gasteiger partial charge on any atom is 0.282 e. The minimum atomic E-state index is -0.280. The van der Waals surface area contributed by atoms with Crippen molar-refractivity contribution < 1.29 is 13.9 Å². The van der Waals surface area contributed by atoms with Crippen LogP contribution in [-0.4, -0.2) is 27.2 Å². The number of hydrogen-bond acceptors (Lipinski definition) is 6. The van der Waals surface area contributed by atoms with E-state index in [0.717, 1.165) is 43.4 Å². The highest BCUT2D eigenvalue weighted by Crippen LogP contribution is 2.33. The van der Waals surface area contributed by atoms with Crippen molar-refractivity contribution in [2.24, 2.45) is 5.10 Å². The van der Waals surface area contributed by atoms with Crippen molar-refractivity contribution in [1.29, 1.82) is 0 Å². The molecule has 0 radical (unpaired) electrons. The molecule has 1 aliphatic heterocycles. The van der Waals surface area contributed by atoms with Crippen LogP contribution in [0.2, 0.25) is 0 Å². The fourth-order valence-corrected chi connectivity index (χ4v) is 5.76. The summed E-state index contributed by atoms with van der Waals surface area (Å²) in [5.41, 5.74) is 3.98. The number of nitrogens with zero attached hydrogens (tertiary/aromatic N) is 4. The predicted molar refractivity (Wildman–Crippen MR) is 166 cm³/mol. The Morgan fingerprint density at radius 2 is 1.74 bits per heavy atom. The second-order valence-corrected chi connectivity index (χ2v) is 10.9. The van der Waals surface area contributed by atoms with E-state index in [1.54, 1.807) is 12.3 Å². The quantitative estimate of drug-likeness (QED) is 0.191. The van der Waals surface area contributed by atoms with Crippen LogP contribution in [0, 0.1) is 0 Å². The van der Waals surface area contributed by atoms with Crippen molar-refractivity contribution in [1.82, 2.24) is 14.2 Å². The molecule has 1 aliphatic rings. The van der Waals surface area contributed by atoms with Crippen LogP contribution in [0.5, 0.6) is 11.5 Å². The third-order valence-corrected chi connectivity index (χ3v) is 7.87. The molecule has 8 nitrogen and oxygen atoms in total. The molecule has 0 bridgehead atoms. The summed E-state index contributed by atoms with van der Waals surface area (Å²) in [6.45, 7) is 0.866. The lowest BCUT2D eigenvalue weighted by molar-refractivity contribution is 0.174.